The van der Waals surface area contributed by atoms with E-state index in [9.17, 15) is 9.59 Å². The lowest BCUT2D eigenvalue weighted by Gasteiger charge is -2.14. The molecule has 0 saturated carbocycles. The summed E-state index contributed by atoms with van der Waals surface area (Å²) in [6.07, 6.45) is -0.582. The number of aryl methyl sites for hydroxylation is 1. The predicted octanol–water partition coefficient (Wildman–Crippen LogP) is 2.14. The molecule has 92 valence electrons. The highest BCUT2D eigenvalue weighted by molar-refractivity contribution is 5.93. The standard InChI is InChI=1S/C13H16O4/c1-8-5-6-12(17-10(3)9(2)14)11(7-8)13(15)16-4/h5-7,10H,1-4H3. The predicted molar refractivity (Wildman–Crippen MR) is 63.3 cm³/mol. The largest absolute Gasteiger partial charge is 0.482 e. The maximum atomic E-state index is 11.6. The summed E-state index contributed by atoms with van der Waals surface area (Å²) in [4.78, 5) is 22.7. The van der Waals surface area contributed by atoms with E-state index in [1.165, 1.54) is 14.0 Å². The molecule has 0 aromatic heterocycles. The van der Waals surface area contributed by atoms with E-state index in [2.05, 4.69) is 4.74 Å². The lowest BCUT2D eigenvalue weighted by molar-refractivity contribution is -0.122. The molecule has 0 N–H and O–H groups in total. The monoisotopic (exact) mass is 236 g/mol. The lowest BCUT2D eigenvalue weighted by atomic mass is 10.1. The molecule has 4 nitrogen and oxygen atoms in total. The number of rotatable bonds is 4. The molecule has 0 spiro atoms. The first-order valence-corrected chi connectivity index (χ1v) is 5.31. The van der Waals surface area contributed by atoms with Gasteiger partial charge < -0.3 is 9.47 Å². The van der Waals surface area contributed by atoms with E-state index in [0.29, 0.717) is 11.3 Å². The zero-order valence-corrected chi connectivity index (χ0v) is 10.4. The maximum Gasteiger partial charge on any atom is 0.341 e. The van der Waals surface area contributed by atoms with Crippen LogP contribution in [0, 0.1) is 6.92 Å². The fourth-order valence-corrected chi connectivity index (χ4v) is 1.29. The van der Waals surface area contributed by atoms with Crippen molar-refractivity contribution in [2.75, 3.05) is 7.11 Å². The Morgan fingerprint density at radius 3 is 2.47 bits per heavy atom. The van der Waals surface area contributed by atoms with Crippen LogP contribution in [0.4, 0.5) is 0 Å². The smallest absolute Gasteiger partial charge is 0.341 e. The molecule has 0 aliphatic rings. The van der Waals surface area contributed by atoms with Crippen molar-refractivity contribution in [3.8, 4) is 5.75 Å². The van der Waals surface area contributed by atoms with Gasteiger partial charge in [-0.2, -0.15) is 0 Å². The number of carbonyl (C=O) groups excluding carboxylic acids is 2. The van der Waals surface area contributed by atoms with Gasteiger partial charge in [0.25, 0.3) is 0 Å². The first-order chi connectivity index (χ1) is 7.95. The first-order valence-electron chi connectivity index (χ1n) is 5.31. The fourth-order valence-electron chi connectivity index (χ4n) is 1.29. The number of hydrogen-bond donors (Lipinski definition) is 0. The van der Waals surface area contributed by atoms with Crippen molar-refractivity contribution in [3.05, 3.63) is 29.3 Å². The second kappa shape index (κ2) is 5.48. The minimum Gasteiger partial charge on any atom is -0.482 e. The van der Waals surface area contributed by atoms with Crippen molar-refractivity contribution in [1.29, 1.82) is 0 Å². The number of ketones is 1. The molecule has 1 aromatic carbocycles. The Labute approximate surface area is 101 Å². The Kier molecular flexibility index (Phi) is 4.26. The fraction of sp³-hybridized carbons (Fsp3) is 0.385. The molecule has 0 aliphatic carbocycles. The van der Waals surface area contributed by atoms with Crippen molar-refractivity contribution < 1.29 is 19.1 Å². The molecule has 17 heavy (non-hydrogen) atoms. The van der Waals surface area contributed by atoms with E-state index in [4.69, 9.17) is 4.74 Å². The molecule has 1 rings (SSSR count). The molecule has 0 aliphatic heterocycles. The summed E-state index contributed by atoms with van der Waals surface area (Å²) in [5.41, 5.74) is 1.26. The van der Waals surface area contributed by atoms with Crippen molar-refractivity contribution in [1.82, 2.24) is 0 Å². The Morgan fingerprint density at radius 1 is 1.29 bits per heavy atom. The molecular formula is C13H16O4. The number of carbonyl (C=O) groups is 2. The van der Waals surface area contributed by atoms with Crippen molar-refractivity contribution in [3.63, 3.8) is 0 Å². The number of ether oxygens (including phenoxy) is 2. The van der Waals surface area contributed by atoms with Crippen molar-refractivity contribution >= 4 is 11.8 Å². The molecular weight excluding hydrogens is 220 g/mol. The molecule has 0 radical (unpaired) electrons. The van der Waals surface area contributed by atoms with Gasteiger partial charge in [0, 0.05) is 0 Å². The molecule has 1 unspecified atom stereocenters. The molecule has 0 bridgehead atoms. The minimum absolute atomic E-state index is 0.0959. The third kappa shape index (κ3) is 3.31. The normalized spacial score (nSPS) is 11.8. The van der Waals surface area contributed by atoms with Crippen LogP contribution in [0.1, 0.15) is 29.8 Å². The van der Waals surface area contributed by atoms with Gasteiger partial charge in [0.05, 0.1) is 7.11 Å². The van der Waals surface area contributed by atoms with E-state index in [-0.39, 0.29) is 5.78 Å². The highest BCUT2D eigenvalue weighted by Gasteiger charge is 2.17. The Hall–Kier alpha value is -1.84. The molecule has 4 heteroatoms. The lowest BCUT2D eigenvalue weighted by Crippen LogP contribution is -2.22. The second-order valence-corrected chi connectivity index (χ2v) is 3.86. The van der Waals surface area contributed by atoms with Gasteiger partial charge in [0.2, 0.25) is 0 Å². The van der Waals surface area contributed by atoms with E-state index in [0.717, 1.165) is 5.56 Å². The SMILES string of the molecule is COC(=O)c1cc(C)ccc1OC(C)C(C)=O. The van der Waals surface area contributed by atoms with Gasteiger partial charge in [0.15, 0.2) is 11.9 Å². The zero-order chi connectivity index (χ0) is 13.0. The summed E-state index contributed by atoms with van der Waals surface area (Å²) in [5.74, 6) is -0.203. The number of esters is 1. The third-order valence-corrected chi connectivity index (χ3v) is 2.42. The van der Waals surface area contributed by atoms with Crippen LogP contribution in [-0.2, 0) is 9.53 Å². The van der Waals surface area contributed by atoms with E-state index < -0.39 is 12.1 Å². The van der Waals surface area contributed by atoms with E-state index in [1.54, 1.807) is 19.1 Å². The zero-order valence-electron chi connectivity index (χ0n) is 10.4. The average molecular weight is 236 g/mol. The average Bonchev–Trinajstić information content (AvgIpc) is 2.30. The quantitative estimate of drug-likeness (QED) is 0.751. The first kappa shape index (κ1) is 13.2. The van der Waals surface area contributed by atoms with Crippen LogP contribution in [0.3, 0.4) is 0 Å². The van der Waals surface area contributed by atoms with Gasteiger partial charge in [-0.05, 0) is 32.9 Å². The van der Waals surface area contributed by atoms with Crippen LogP contribution in [0.15, 0.2) is 18.2 Å². The Bertz CT molecular complexity index is 437. The summed E-state index contributed by atoms with van der Waals surface area (Å²) in [6, 6.07) is 5.16. The number of Topliss-reactive ketones (excluding diaryl/α,β-unsaturated/α-hetero) is 1. The summed E-state index contributed by atoms with van der Waals surface area (Å²) in [7, 11) is 1.31. The van der Waals surface area contributed by atoms with Crippen molar-refractivity contribution in [2.24, 2.45) is 0 Å². The number of methoxy groups -OCH3 is 1. The molecule has 0 fully saturated rings. The Morgan fingerprint density at radius 2 is 1.94 bits per heavy atom. The van der Waals surface area contributed by atoms with Crippen LogP contribution < -0.4 is 4.74 Å². The topological polar surface area (TPSA) is 52.6 Å². The summed E-state index contributed by atoms with van der Waals surface area (Å²) < 4.78 is 10.1. The van der Waals surface area contributed by atoms with Crippen LogP contribution in [0.5, 0.6) is 5.75 Å². The van der Waals surface area contributed by atoms with E-state index in [1.807, 2.05) is 13.0 Å². The highest BCUT2D eigenvalue weighted by Crippen LogP contribution is 2.22. The van der Waals surface area contributed by atoms with Gasteiger partial charge in [0.1, 0.15) is 11.3 Å². The van der Waals surface area contributed by atoms with Gasteiger partial charge in [-0.25, -0.2) is 4.79 Å². The molecule has 0 heterocycles. The minimum atomic E-state index is -0.582. The molecule has 1 atom stereocenters. The van der Waals surface area contributed by atoms with Crippen LogP contribution >= 0.6 is 0 Å². The molecule has 1 aromatic rings. The van der Waals surface area contributed by atoms with E-state index >= 15 is 0 Å². The summed E-state index contributed by atoms with van der Waals surface area (Å²) in [5, 5.41) is 0. The molecule has 0 amide bonds. The van der Waals surface area contributed by atoms with Crippen LogP contribution in [-0.4, -0.2) is 25.0 Å². The van der Waals surface area contributed by atoms with Crippen LogP contribution in [0.2, 0.25) is 0 Å². The summed E-state index contributed by atoms with van der Waals surface area (Å²) in [6.45, 7) is 4.95. The maximum absolute atomic E-state index is 11.6. The van der Waals surface area contributed by atoms with Gasteiger partial charge >= 0.3 is 5.97 Å². The van der Waals surface area contributed by atoms with Gasteiger partial charge in [-0.3, -0.25) is 4.79 Å². The molecule has 0 saturated heterocycles. The highest BCUT2D eigenvalue weighted by atomic mass is 16.5. The van der Waals surface area contributed by atoms with Gasteiger partial charge in [-0.15, -0.1) is 0 Å². The Balaban J connectivity index is 3.06. The second-order valence-electron chi connectivity index (χ2n) is 3.86. The van der Waals surface area contributed by atoms with Crippen LogP contribution in [0.25, 0.3) is 0 Å². The number of hydrogen-bond acceptors (Lipinski definition) is 4. The summed E-state index contributed by atoms with van der Waals surface area (Å²) >= 11 is 0. The third-order valence-electron chi connectivity index (χ3n) is 2.42. The van der Waals surface area contributed by atoms with Gasteiger partial charge in [-0.1, -0.05) is 11.6 Å². The number of benzene rings is 1. The van der Waals surface area contributed by atoms with Crippen molar-refractivity contribution in [2.45, 2.75) is 26.9 Å².